The molecular formula is C6H12O2. The van der Waals surface area contributed by atoms with Gasteiger partial charge in [-0.25, -0.2) is 0 Å². The van der Waals surface area contributed by atoms with E-state index in [0.29, 0.717) is 6.42 Å². The molecule has 0 aliphatic heterocycles. The fourth-order valence-corrected chi connectivity index (χ4v) is 0.412. The highest BCUT2D eigenvalue weighted by Crippen LogP contribution is 1.93. The average molecular weight is 116 g/mol. The van der Waals surface area contributed by atoms with Crippen LogP contribution in [-0.2, 0) is 0 Å². The molecule has 0 unspecified atom stereocenters. The first-order chi connectivity index (χ1) is 3.77. The van der Waals surface area contributed by atoms with Gasteiger partial charge in [0.1, 0.15) is 0 Å². The molecule has 2 nitrogen and oxygen atoms in total. The Morgan fingerprint density at radius 2 is 2.12 bits per heavy atom. The van der Waals surface area contributed by atoms with E-state index < -0.39 is 6.29 Å². The van der Waals surface area contributed by atoms with Crippen LogP contribution in [0.1, 0.15) is 19.8 Å². The fourth-order valence-electron chi connectivity index (χ4n) is 0.412. The lowest BCUT2D eigenvalue weighted by Gasteiger charge is -1.96. The molecule has 0 aliphatic rings. The Labute approximate surface area is 49.5 Å². The fraction of sp³-hybridized carbons (Fsp3) is 0.667. The Kier molecular flexibility index (Phi) is 4.61. The summed E-state index contributed by atoms with van der Waals surface area (Å²) in [6, 6.07) is 0. The molecule has 8 heavy (non-hydrogen) atoms. The van der Waals surface area contributed by atoms with Gasteiger partial charge in [0.2, 0.25) is 0 Å². The van der Waals surface area contributed by atoms with Crippen molar-refractivity contribution in [3.63, 3.8) is 0 Å². The van der Waals surface area contributed by atoms with Crippen LogP contribution in [0.5, 0.6) is 0 Å². The minimum absolute atomic E-state index is 0.435. The Bertz CT molecular complexity index is 66.9. The number of aliphatic hydroxyl groups is 2. The van der Waals surface area contributed by atoms with Crippen molar-refractivity contribution in [2.45, 2.75) is 26.1 Å². The Morgan fingerprint density at radius 1 is 1.50 bits per heavy atom. The molecule has 0 heterocycles. The summed E-state index contributed by atoms with van der Waals surface area (Å²) in [6.07, 6.45) is 3.83. The zero-order valence-electron chi connectivity index (χ0n) is 5.04. The first-order valence-corrected chi connectivity index (χ1v) is 2.74. The molecule has 0 aromatic carbocycles. The lowest BCUT2D eigenvalue weighted by molar-refractivity contribution is -0.0442. The number of allylic oxidation sites excluding steroid dienone is 2. The third-order valence-electron chi connectivity index (χ3n) is 0.827. The van der Waals surface area contributed by atoms with Gasteiger partial charge in [-0.05, 0) is 13.3 Å². The normalized spacial score (nSPS) is 11.5. The van der Waals surface area contributed by atoms with Gasteiger partial charge in [0.15, 0.2) is 6.29 Å². The lowest BCUT2D eigenvalue weighted by atomic mass is 10.3. The van der Waals surface area contributed by atoms with Gasteiger partial charge >= 0.3 is 0 Å². The number of hydrogen-bond acceptors (Lipinski definition) is 2. The van der Waals surface area contributed by atoms with Crippen LogP contribution in [0, 0.1) is 0 Å². The molecular weight excluding hydrogens is 104 g/mol. The highest BCUT2D eigenvalue weighted by Gasteiger charge is 1.91. The van der Waals surface area contributed by atoms with Crippen LogP contribution in [-0.4, -0.2) is 16.5 Å². The predicted molar refractivity (Wildman–Crippen MR) is 32.3 cm³/mol. The molecule has 0 atom stereocenters. The van der Waals surface area contributed by atoms with E-state index in [0.717, 1.165) is 6.42 Å². The van der Waals surface area contributed by atoms with E-state index in [1.54, 1.807) is 0 Å². The van der Waals surface area contributed by atoms with Crippen molar-refractivity contribution in [2.75, 3.05) is 0 Å². The van der Waals surface area contributed by atoms with E-state index in [2.05, 4.69) is 0 Å². The second kappa shape index (κ2) is 4.81. The number of rotatable bonds is 3. The van der Waals surface area contributed by atoms with Crippen LogP contribution in [0.2, 0.25) is 0 Å². The van der Waals surface area contributed by atoms with Crippen LogP contribution in [0.4, 0.5) is 0 Å². The molecule has 0 aromatic rings. The van der Waals surface area contributed by atoms with Crippen molar-refractivity contribution in [1.29, 1.82) is 0 Å². The van der Waals surface area contributed by atoms with E-state index in [4.69, 9.17) is 10.2 Å². The van der Waals surface area contributed by atoms with Crippen molar-refractivity contribution < 1.29 is 10.2 Å². The van der Waals surface area contributed by atoms with Gasteiger partial charge in [-0.2, -0.15) is 0 Å². The summed E-state index contributed by atoms with van der Waals surface area (Å²) < 4.78 is 0. The van der Waals surface area contributed by atoms with Crippen molar-refractivity contribution >= 4 is 0 Å². The molecule has 0 rings (SSSR count). The standard InChI is InChI=1S/C6H12O2/c1-2-3-4-5-6(7)8/h2-3,6-8H,4-5H2,1H3/b3-2+. The summed E-state index contributed by atoms with van der Waals surface area (Å²) in [7, 11) is 0. The van der Waals surface area contributed by atoms with E-state index in [1.165, 1.54) is 0 Å². The quantitative estimate of drug-likeness (QED) is 0.420. The molecule has 0 amide bonds. The van der Waals surface area contributed by atoms with Gasteiger partial charge in [0.05, 0.1) is 0 Å². The van der Waals surface area contributed by atoms with Gasteiger partial charge in [-0.15, -0.1) is 0 Å². The number of hydrogen-bond donors (Lipinski definition) is 2. The molecule has 0 radical (unpaired) electrons. The van der Waals surface area contributed by atoms with Crippen molar-refractivity contribution in [3.05, 3.63) is 12.2 Å². The van der Waals surface area contributed by atoms with Gasteiger partial charge in [0, 0.05) is 6.42 Å². The molecule has 0 spiro atoms. The zero-order chi connectivity index (χ0) is 6.41. The third kappa shape index (κ3) is 5.66. The molecule has 2 heteroatoms. The highest BCUT2D eigenvalue weighted by molar-refractivity contribution is 4.76. The molecule has 0 aliphatic carbocycles. The Balaban J connectivity index is 2.93. The zero-order valence-corrected chi connectivity index (χ0v) is 5.04. The Morgan fingerprint density at radius 3 is 2.50 bits per heavy atom. The summed E-state index contributed by atoms with van der Waals surface area (Å²) in [6.45, 7) is 1.91. The summed E-state index contributed by atoms with van der Waals surface area (Å²) in [4.78, 5) is 0. The molecule has 48 valence electrons. The number of aliphatic hydroxyl groups excluding tert-OH is 1. The summed E-state index contributed by atoms with van der Waals surface area (Å²) in [5, 5.41) is 16.6. The maximum atomic E-state index is 8.30. The van der Waals surface area contributed by atoms with Gasteiger partial charge in [0.25, 0.3) is 0 Å². The van der Waals surface area contributed by atoms with E-state index in [-0.39, 0.29) is 0 Å². The third-order valence-corrected chi connectivity index (χ3v) is 0.827. The topological polar surface area (TPSA) is 40.5 Å². The minimum Gasteiger partial charge on any atom is -0.368 e. The first-order valence-electron chi connectivity index (χ1n) is 2.74. The van der Waals surface area contributed by atoms with Crippen LogP contribution >= 0.6 is 0 Å². The van der Waals surface area contributed by atoms with Gasteiger partial charge in [-0.1, -0.05) is 12.2 Å². The lowest BCUT2D eigenvalue weighted by Crippen LogP contribution is -2.01. The molecule has 0 aromatic heterocycles. The van der Waals surface area contributed by atoms with Crippen LogP contribution in [0.25, 0.3) is 0 Å². The smallest absolute Gasteiger partial charge is 0.151 e. The molecule has 0 fully saturated rings. The predicted octanol–water partition coefficient (Wildman–Crippen LogP) is 0.653. The summed E-state index contributed by atoms with van der Waals surface area (Å²) >= 11 is 0. The van der Waals surface area contributed by atoms with E-state index >= 15 is 0 Å². The van der Waals surface area contributed by atoms with Crippen molar-refractivity contribution in [1.82, 2.24) is 0 Å². The van der Waals surface area contributed by atoms with E-state index in [1.807, 2.05) is 19.1 Å². The first kappa shape index (κ1) is 7.66. The molecule has 0 saturated carbocycles. The SMILES string of the molecule is C/C=C/CCC(O)O. The largest absolute Gasteiger partial charge is 0.368 e. The highest BCUT2D eigenvalue weighted by atomic mass is 16.5. The van der Waals surface area contributed by atoms with Crippen LogP contribution in [0.15, 0.2) is 12.2 Å². The van der Waals surface area contributed by atoms with E-state index in [9.17, 15) is 0 Å². The minimum atomic E-state index is -1.15. The van der Waals surface area contributed by atoms with Gasteiger partial charge in [-0.3, -0.25) is 0 Å². The second-order valence-corrected chi connectivity index (χ2v) is 1.63. The summed E-state index contributed by atoms with van der Waals surface area (Å²) in [5.74, 6) is 0. The molecule has 0 bridgehead atoms. The maximum Gasteiger partial charge on any atom is 0.151 e. The van der Waals surface area contributed by atoms with Crippen molar-refractivity contribution in [2.24, 2.45) is 0 Å². The van der Waals surface area contributed by atoms with Crippen LogP contribution < -0.4 is 0 Å². The van der Waals surface area contributed by atoms with Crippen molar-refractivity contribution in [3.8, 4) is 0 Å². The Hall–Kier alpha value is -0.340. The average Bonchev–Trinajstić information content (AvgIpc) is 1.66. The maximum absolute atomic E-state index is 8.30. The van der Waals surface area contributed by atoms with Gasteiger partial charge < -0.3 is 10.2 Å². The molecule has 0 saturated heterocycles. The second-order valence-electron chi connectivity index (χ2n) is 1.63. The van der Waals surface area contributed by atoms with Crippen LogP contribution in [0.3, 0.4) is 0 Å². The summed E-state index contributed by atoms with van der Waals surface area (Å²) in [5.41, 5.74) is 0. The molecule has 2 N–H and O–H groups in total. The monoisotopic (exact) mass is 116 g/mol.